The maximum Gasteiger partial charge on any atom is 0.453 e. The lowest BCUT2D eigenvalue weighted by molar-refractivity contribution is -0.146. The fourth-order valence-corrected chi connectivity index (χ4v) is 2.37. The van der Waals surface area contributed by atoms with Crippen LogP contribution in [0.5, 0.6) is 0 Å². The van der Waals surface area contributed by atoms with Crippen molar-refractivity contribution in [2.45, 2.75) is 25.2 Å². The van der Waals surface area contributed by atoms with E-state index >= 15 is 0 Å². The van der Waals surface area contributed by atoms with Crippen LogP contribution in [0, 0.1) is 13.8 Å². The van der Waals surface area contributed by atoms with Gasteiger partial charge in [-0.05, 0) is 37.1 Å². The summed E-state index contributed by atoms with van der Waals surface area (Å²) in [6.07, 6.45) is -4.69. The van der Waals surface area contributed by atoms with E-state index in [4.69, 9.17) is 5.84 Å². The van der Waals surface area contributed by atoms with Gasteiger partial charge in [-0.25, -0.2) is 4.68 Å². The number of anilines is 1. The Morgan fingerprint density at radius 3 is 2.57 bits per heavy atom. The SMILES string of the molecule is Cc1ccc(NC(=O)CSc2nnc(C(F)(F)F)n2N)cc1C. The van der Waals surface area contributed by atoms with E-state index in [0.29, 0.717) is 10.4 Å². The van der Waals surface area contributed by atoms with Crippen molar-refractivity contribution in [3.8, 4) is 0 Å². The van der Waals surface area contributed by atoms with Gasteiger partial charge in [0.25, 0.3) is 5.82 Å². The number of nitrogen functional groups attached to an aromatic ring is 1. The van der Waals surface area contributed by atoms with E-state index in [9.17, 15) is 18.0 Å². The molecule has 0 saturated carbocycles. The van der Waals surface area contributed by atoms with Crippen LogP contribution in [0.15, 0.2) is 23.4 Å². The lowest BCUT2D eigenvalue weighted by atomic mass is 10.1. The summed E-state index contributed by atoms with van der Waals surface area (Å²) in [5.74, 6) is 3.45. The monoisotopic (exact) mass is 345 g/mol. The van der Waals surface area contributed by atoms with Gasteiger partial charge in [0.1, 0.15) is 0 Å². The van der Waals surface area contributed by atoms with Crippen LogP contribution >= 0.6 is 11.8 Å². The van der Waals surface area contributed by atoms with Crippen molar-refractivity contribution in [2.75, 3.05) is 16.9 Å². The second-order valence-electron chi connectivity index (χ2n) is 4.81. The second-order valence-corrected chi connectivity index (χ2v) is 5.75. The van der Waals surface area contributed by atoms with Crippen molar-refractivity contribution >= 4 is 23.4 Å². The molecule has 23 heavy (non-hydrogen) atoms. The van der Waals surface area contributed by atoms with Gasteiger partial charge in [-0.1, -0.05) is 17.8 Å². The first-order valence-corrected chi connectivity index (χ1v) is 7.44. The number of carbonyl (C=O) groups excluding carboxylic acids is 1. The maximum atomic E-state index is 12.5. The highest BCUT2D eigenvalue weighted by atomic mass is 32.2. The van der Waals surface area contributed by atoms with Gasteiger partial charge in [0.05, 0.1) is 5.75 Å². The van der Waals surface area contributed by atoms with Gasteiger partial charge in [-0.15, -0.1) is 10.2 Å². The number of alkyl halides is 3. The minimum absolute atomic E-state index is 0.139. The molecule has 1 heterocycles. The Bertz CT molecular complexity index is 729. The summed E-state index contributed by atoms with van der Waals surface area (Å²) in [5, 5.41) is 8.79. The molecule has 1 aromatic carbocycles. The smallest absolute Gasteiger partial charge is 0.335 e. The van der Waals surface area contributed by atoms with E-state index in [1.54, 1.807) is 6.07 Å². The number of halogens is 3. The third kappa shape index (κ3) is 4.15. The number of benzene rings is 1. The van der Waals surface area contributed by atoms with Crippen molar-refractivity contribution in [1.82, 2.24) is 14.9 Å². The van der Waals surface area contributed by atoms with Crippen LogP contribution in [0.4, 0.5) is 18.9 Å². The molecule has 3 N–H and O–H groups in total. The van der Waals surface area contributed by atoms with Gasteiger partial charge < -0.3 is 11.2 Å². The van der Waals surface area contributed by atoms with Crippen LogP contribution in [-0.2, 0) is 11.0 Å². The summed E-state index contributed by atoms with van der Waals surface area (Å²) in [6, 6.07) is 5.42. The lowest BCUT2D eigenvalue weighted by Crippen LogP contribution is -2.22. The Balaban J connectivity index is 1.97. The number of nitrogens with one attached hydrogen (secondary N) is 1. The average Bonchev–Trinajstić information content (AvgIpc) is 2.82. The molecule has 0 aliphatic rings. The highest BCUT2D eigenvalue weighted by Gasteiger charge is 2.38. The molecule has 0 unspecified atom stereocenters. The Morgan fingerprint density at radius 1 is 1.30 bits per heavy atom. The van der Waals surface area contributed by atoms with E-state index < -0.39 is 12.0 Å². The van der Waals surface area contributed by atoms with E-state index in [1.807, 2.05) is 26.0 Å². The Labute approximate surface area is 134 Å². The molecule has 124 valence electrons. The molecule has 0 spiro atoms. The number of hydrogen-bond acceptors (Lipinski definition) is 5. The van der Waals surface area contributed by atoms with Crippen LogP contribution in [0.3, 0.4) is 0 Å². The molecule has 1 aromatic heterocycles. The summed E-state index contributed by atoms with van der Waals surface area (Å²) in [4.78, 5) is 11.8. The fraction of sp³-hybridized carbons (Fsp3) is 0.308. The van der Waals surface area contributed by atoms with Crippen LogP contribution in [0.25, 0.3) is 0 Å². The molecule has 2 aromatic rings. The standard InChI is InChI=1S/C13H14F3N5OS/c1-7-3-4-9(5-8(7)2)18-10(22)6-23-12-20-19-11(21(12)17)13(14,15)16/h3-5H,6,17H2,1-2H3,(H,18,22). The van der Waals surface area contributed by atoms with E-state index in [0.717, 1.165) is 22.9 Å². The molecular formula is C13H14F3N5OS. The third-order valence-electron chi connectivity index (χ3n) is 3.04. The summed E-state index contributed by atoms with van der Waals surface area (Å²) < 4.78 is 37.9. The largest absolute Gasteiger partial charge is 0.453 e. The van der Waals surface area contributed by atoms with Crippen molar-refractivity contribution in [1.29, 1.82) is 0 Å². The fourth-order valence-electron chi connectivity index (χ4n) is 1.72. The van der Waals surface area contributed by atoms with Gasteiger partial charge in [0.2, 0.25) is 11.1 Å². The number of amides is 1. The minimum atomic E-state index is -4.69. The van der Waals surface area contributed by atoms with Crippen molar-refractivity contribution in [3.63, 3.8) is 0 Å². The van der Waals surface area contributed by atoms with Crippen LogP contribution in [0.2, 0.25) is 0 Å². The highest BCUT2D eigenvalue weighted by molar-refractivity contribution is 7.99. The van der Waals surface area contributed by atoms with E-state index in [1.165, 1.54) is 0 Å². The quantitative estimate of drug-likeness (QED) is 0.656. The van der Waals surface area contributed by atoms with Crippen LogP contribution in [0.1, 0.15) is 17.0 Å². The number of thioether (sulfide) groups is 1. The third-order valence-corrected chi connectivity index (χ3v) is 3.98. The van der Waals surface area contributed by atoms with Gasteiger partial charge in [-0.3, -0.25) is 4.79 Å². The first-order valence-electron chi connectivity index (χ1n) is 6.46. The number of nitrogens with two attached hydrogens (primary N) is 1. The molecule has 0 aliphatic carbocycles. The predicted octanol–water partition coefficient (Wildman–Crippen LogP) is 2.36. The summed E-state index contributed by atoms with van der Waals surface area (Å²) in [5.41, 5.74) is 2.73. The molecule has 0 saturated heterocycles. The average molecular weight is 345 g/mol. The van der Waals surface area contributed by atoms with Gasteiger partial charge >= 0.3 is 6.18 Å². The first kappa shape index (κ1) is 17.1. The maximum absolute atomic E-state index is 12.5. The predicted molar refractivity (Wildman–Crippen MR) is 80.4 cm³/mol. The van der Waals surface area contributed by atoms with E-state index in [2.05, 4.69) is 15.5 Å². The highest BCUT2D eigenvalue weighted by Crippen LogP contribution is 2.28. The summed E-state index contributed by atoms with van der Waals surface area (Å²) in [6.45, 7) is 3.86. The molecular weight excluding hydrogens is 331 g/mol. The van der Waals surface area contributed by atoms with Crippen molar-refractivity contribution in [2.24, 2.45) is 0 Å². The number of hydrogen-bond donors (Lipinski definition) is 2. The number of aryl methyl sites for hydroxylation is 2. The normalized spacial score (nSPS) is 11.5. The number of carbonyl (C=O) groups is 1. The number of rotatable bonds is 4. The van der Waals surface area contributed by atoms with Gasteiger partial charge in [0, 0.05) is 5.69 Å². The zero-order valence-electron chi connectivity index (χ0n) is 12.3. The van der Waals surface area contributed by atoms with Gasteiger partial charge in [0.15, 0.2) is 0 Å². The number of aromatic nitrogens is 3. The van der Waals surface area contributed by atoms with Crippen molar-refractivity contribution in [3.05, 3.63) is 35.2 Å². The molecule has 0 aliphatic heterocycles. The second kappa shape index (κ2) is 6.49. The molecule has 2 rings (SSSR count). The minimum Gasteiger partial charge on any atom is -0.335 e. The number of nitrogens with zero attached hydrogens (tertiary/aromatic N) is 3. The Morgan fingerprint density at radius 2 is 2.00 bits per heavy atom. The van der Waals surface area contributed by atoms with Crippen molar-refractivity contribution < 1.29 is 18.0 Å². The molecule has 0 fully saturated rings. The van der Waals surface area contributed by atoms with Crippen LogP contribution in [-0.4, -0.2) is 26.5 Å². The lowest BCUT2D eigenvalue weighted by Gasteiger charge is -2.08. The molecule has 0 bridgehead atoms. The van der Waals surface area contributed by atoms with E-state index in [-0.39, 0.29) is 16.8 Å². The van der Waals surface area contributed by atoms with Gasteiger partial charge in [-0.2, -0.15) is 13.2 Å². The molecule has 0 radical (unpaired) electrons. The molecule has 6 nitrogen and oxygen atoms in total. The topological polar surface area (TPSA) is 85.8 Å². The zero-order chi connectivity index (χ0) is 17.2. The molecule has 1 amide bonds. The van der Waals surface area contributed by atoms with Crippen LogP contribution < -0.4 is 11.2 Å². The summed E-state index contributed by atoms with van der Waals surface area (Å²) in [7, 11) is 0. The molecule has 10 heteroatoms. The Hall–Kier alpha value is -2.23. The zero-order valence-corrected chi connectivity index (χ0v) is 13.1. The summed E-state index contributed by atoms with van der Waals surface area (Å²) >= 11 is 0.771. The Kier molecular flexibility index (Phi) is 4.83. The molecule has 0 atom stereocenters. The first-order chi connectivity index (χ1) is 10.7.